The largest absolute Gasteiger partial charge is 0.451 e. The maximum Gasteiger partial charge on any atom is 0.329 e. The lowest BCUT2D eigenvalue weighted by Crippen LogP contribution is -2.42. The number of aromatic nitrogens is 1. The first-order valence-corrected chi connectivity index (χ1v) is 8.15. The first-order valence-electron chi connectivity index (χ1n) is 7.78. The summed E-state index contributed by atoms with van der Waals surface area (Å²) >= 11 is 5.94. The highest BCUT2D eigenvalue weighted by Crippen LogP contribution is 2.15. The molecule has 2 N–H and O–H groups in total. The average Bonchev–Trinajstić information content (AvgIpc) is 2.99. The topological polar surface area (TPSA) is 111 Å². The van der Waals surface area contributed by atoms with E-state index in [2.05, 4.69) is 15.8 Å². The number of aryl methyl sites for hydroxylation is 1. The van der Waals surface area contributed by atoms with E-state index in [1.807, 2.05) is 0 Å². The summed E-state index contributed by atoms with van der Waals surface area (Å²) in [6.45, 7) is 4.55. The summed E-state index contributed by atoms with van der Waals surface area (Å²) in [6.07, 6.45) is -1.09. The predicted octanol–water partition coefficient (Wildman–Crippen LogP) is 2.33. The molecule has 0 fully saturated rings. The summed E-state index contributed by atoms with van der Waals surface area (Å²) in [4.78, 5) is 36.2. The van der Waals surface area contributed by atoms with Gasteiger partial charge < -0.3 is 14.6 Å². The van der Waals surface area contributed by atoms with E-state index in [4.69, 9.17) is 20.9 Å². The fourth-order valence-corrected chi connectivity index (χ4v) is 2.18. The number of esters is 1. The SMILES string of the molecule is Cc1cc(NC(=O)C(C)OC(=O)[C@H](C)NC(=O)c2ccccc2Cl)on1. The minimum Gasteiger partial charge on any atom is -0.451 e. The van der Waals surface area contributed by atoms with Crippen LogP contribution in [0.3, 0.4) is 0 Å². The zero-order valence-corrected chi connectivity index (χ0v) is 15.2. The lowest BCUT2D eigenvalue weighted by molar-refractivity contribution is -0.154. The van der Waals surface area contributed by atoms with Crippen LogP contribution < -0.4 is 10.6 Å². The third-order valence-corrected chi connectivity index (χ3v) is 3.69. The maximum absolute atomic E-state index is 12.1. The van der Waals surface area contributed by atoms with Crippen LogP contribution >= 0.6 is 11.6 Å². The van der Waals surface area contributed by atoms with Crippen molar-refractivity contribution in [3.05, 3.63) is 46.6 Å². The molecule has 0 bridgehead atoms. The van der Waals surface area contributed by atoms with Crippen molar-refractivity contribution in [2.75, 3.05) is 5.32 Å². The number of ether oxygens (including phenoxy) is 1. The molecule has 138 valence electrons. The highest BCUT2D eigenvalue weighted by atomic mass is 35.5. The smallest absolute Gasteiger partial charge is 0.329 e. The van der Waals surface area contributed by atoms with Gasteiger partial charge >= 0.3 is 5.97 Å². The molecule has 1 aromatic carbocycles. The summed E-state index contributed by atoms with van der Waals surface area (Å²) in [5.41, 5.74) is 0.834. The van der Waals surface area contributed by atoms with Crippen LogP contribution in [0.15, 0.2) is 34.9 Å². The van der Waals surface area contributed by atoms with Gasteiger partial charge in [0.2, 0.25) is 5.88 Å². The molecule has 0 spiro atoms. The molecular weight excluding hydrogens is 362 g/mol. The average molecular weight is 380 g/mol. The Kier molecular flexibility index (Phi) is 6.35. The van der Waals surface area contributed by atoms with Gasteiger partial charge in [-0.3, -0.25) is 14.9 Å². The summed E-state index contributed by atoms with van der Waals surface area (Å²) < 4.78 is 9.92. The molecule has 0 aliphatic carbocycles. The molecule has 1 aromatic heterocycles. The van der Waals surface area contributed by atoms with Gasteiger partial charge in [-0.15, -0.1) is 0 Å². The molecule has 0 aliphatic heterocycles. The van der Waals surface area contributed by atoms with Crippen molar-refractivity contribution in [1.29, 1.82) is 0 Å². The molecule has 2 amide bonds. The van der Waals surface area contributed by atoms with Crippen LogP contribution in [0.2, 0.25) is 5.02 Å². The van der Waals surface area contributed by atoms with Crippen LogP contribution in [0, 0.1) is 6.92 Å². The van der Waals surface area contributed by atoms with E-state index in [1.54, 1.807) is 25.1 Å². The lowest BCUT2D eigenvalue weighted by Gasteiger charge is -2.17. The maximum atomic E-state index is 12.1. The first-order chi connectivity index (χ1) is 12.3. The third-order valence-electron chi connectivity index (χ3n) is 3.36. The van der Waals surface area contributed by atoms with Crippen LogP contribution in [-0.4, -0.2) is 35.1 Å². The Morgan fingerprint density at radius 1 is 1.23 bits per heavy atom. The van der Waals surface area contributed by atoms with Crippen LogP contribution in [0.4, 0.5) is 5.88 Å². The van der Waals surface area contributed by atoms with E-state index >= 15 is 0 Å². The van der Waals surface area contributed by atoms with Crippen LogP contribution in [0.1, 0.15) is 29.9 Å². The van der Waals surface area contributed by atoms with Gasteiger partial charge in [0.25, 0.3) is 11.8 Å². The Bertz CT molecular complexity index is 820. The van der Waals surface area contributed by atoms with E-state index < -0.39 is 29.9 Å². The van der Waals surface area contributed by atoms with Gasteiger partial charge in [-0.25, -0.2) is 4.79 Å². The number of anilines is 1. The number of nitrogens with one attached hydrogen (secondary N) is 2. The number of halogens is 1. The standard InChI is InChI=1S/C17H18ClN3O5/c1-9-8-14(26-21-9)20-15(22)11(3)25-17(24)10(2)19-16(23)12-6-4-5-7-13(12)18/h4-8,10-11H,1-3H3,(H,19,23)(H,20,22)/t10-,11?/m0/s1. The van der Waals surface area contributed by atoms with Gasteiger partial charge in [0.1, 0.15) is 6.04 Å². The molecule has 8 nitrogen and oxygen atoms in total. The summed E-state index contributed by atoms with van der Waals surface area (Å²) in [7, 11) is 0. The molecule has 0 radical (unpaired) electrons. The van der Waals surface area contributed by atoms with Crippen molar-refractivity contribution in [3.63, 3.8) is 0 Å². The molecule has 0 saturated carbocycles. The van der Waals surface area contributed by atoms with Gasteiger partial charge in [-0.1, -0.05) is 28.9 Å². The third kappa shape index (κ3) is 5.06. The molecule has 0 aliphatic rings. The number of amides is 2. The van der Waals surface area contributed by atoms with Crippen LogP contribution in [0.5, 0.6) is 0 Å². The monoisotopic (exact) mass is 379 g/mol. The van der Waals surface area contributed by atoms with Crippen molar-refractivity contribution in [2.45, 2.75) is 32.9 Å². The molecule has 1 unspecified atom stereocenters. The van der Waals surface area contributed by atoms with E-state index in [-0.39, 0.29) is 16.5 Å². The molecule has 2 atom stereocenters. The molecule has 9 heteroatoms. The van der Waals surface area contributed by atoms with Gasteiger partial charge in [-0.2, -0.15) is 0 Å². The van der Waals surface area contributed by atoms with Crippen LogP contribution in [-0.2, 0) is 14.3 Å². The van der Waals surface area contributed by atoms with Crippen molar-refractivity contribution in [3.8, 4) is 0 Å². The Labute approximate surface area is 154 Å². The lowest BCUT2D eigenvalue weighted by atomic mass is 10.2. The quantitative estimate of drug-likeness (QED) is 0.745. The highest BCUT2D eigenvalue weighted by molar-refractivity contribution is 6.33. The minimum absolute atomic E-state index is 0.149. The number of hydrogen-bond acceptors (Lipinski definition) is 6. The van der Waals surface area contributed by atoms with E-state index in [0.717, 1.165) is 0 Å². The second kappa shape index (κ2) is 8.48. The van der Waals surface area contributed by atoms with E-state index in [0.29, 0.717) is 5.69 Å². The van der Waals surface area contributed by atoms with Crippen molar-refractivity contribution in [2.24, 2.45) is 0 Å². The number of carbonyl (C=O) groups is 3. The fraction of sp³-hybridized carbons (Fsp3) is 0.294. The van der Waals surface area contributed by atoms with Crippen molar-refractivity contribution in [1.82, 2.24) is 10.5 Å². The minimum atomic E-state index is -1.09. The Balaban J connectivity index is 1.88. The summed E-state index contributed by atoms with van der Waals surface area (Å²) in [6, 6.07) is 7.00. The number of rotatable bonds is 6. The molecule has 2 rings (SSSR count). The van der Waals surface area contributed by atoms with Crippen molar-refractivity contribution >= 4 is 35.3 Å². The first kappa shape index (κ1) is 19.5. The number of benzene rings is 1. The molecule has 26 heavy (non-hydrogen) atoms. The Hall–Kier alpha value is -2.87. The predicted molar refractivity (Wildman–Crippen MR) is 93.8 cm³/mol. The van der Waals surface area contributed by atoms with E-state index in [1.165, 1.54) is 26.0 Å². The van der Waals surface area contributed by atoms with E-state index in [9.17, 15) is 14.4 Å². The number of carbonyl (C=O) groups excluding carboxylic acids is 3. The van der Waals surface area contributed by atoms with Gasteiger partial charge in [0.05, 0.1) is 16.3 Å². The Morgan fingerprint density at radius 3 is 2.54 bits per heavy atom. The molecule has 0 saturated heterocycles. The van der Waals surface area contributed by atoms with Gasteiger partial charge in [0.15, 0.2) is 6.10 Å². The summed E-state index contributed by atoms with van der Waals surface area (Å²) in [5.74, 6) is -1.72. The number of nitrogens with zero attached hydrogens (tertiary/aromatic N) is 1. The van der Waals surface area contributed by atoms with Gasteiger partial charge in [-0.05, 0) is 32.9 Å². The van der Waals surface area contributed by atoms with Crippen molar-refractivity contribution < 1.29 is 23.6 Å². The fourth-order valence-electron chi connectivity index (χ4n) is 1.95. The van der Waals surface area contributed by atoms with Crippen LogP contribution in [0.25, 0.3) is 0 Å². The molecule has 2 aromatic rings. The number of hydrogen-bond donors (Lipinski definition) is 2. The Morgan fingerprint density at radius 2 is 1.92 bits per heavy atom. The second-order valence-electron chi connectivity index (χ2n) is 5.58. The highest BCUT2D eigenvalue weighted by Gasteiger charge is 2.24. The molecular formula is C17H18ClN3O5. The second-order valence-corrected chi connectivity index (χ2v) is 5.98. The summed E-state index contributed by atoms with van der Waals surface area (Å²) in [5, 5.41) is 8.80. The zero-order valence-electron chi connectivity index (χ0n) is 14.4. The zero-order chi connectivity index (χ0) is 19.3. The normalized spacial score (nSPS) is 12.8. The van der Waals surface area contributed by atoms with Gasteiger partial charge in [0, 0.05) is 6.07 Å². The molecule has 1 heterocycles.